The van der Waals surface area contributed by atoms with E-state index in [2.05, 4.69) is 16.8 Å². The molecule has 1 fully saturated rings. The number of aryl methyl sites for hydroxylation is 1. The van der Waals surface area contributed by atoms with Crippen LogP contribution in [0.5, 0.6) is 0 Å². The molecule has 3 amide bonds. The fraction of sp³-hybridized carbons (Fsp3) is 0.233. The van der Waals surface area contributed by atoms with Gasteiger partial charge in [0, 0.05) is 49.7 Å². The van der Waals surface area contributed by atoms with Gasteiger partial charge < -0.3 is 20.0 Å². The molecule has 0 saturated carbocycles. The van der Waals surface area contributed by atoms with Crippen LogP contribution in [0.3, 0.4) is 0 Å². The highest BCUT2D eigenvalue weighted by molar-refractivity contribution is 6.33. The van der Waals surface area contributed by atoms with E-state index in [9.17, 15) is 14.4 Å². The lowest BCUT2D eigenvalue weighted by Crippen LogP contribution is -2.48. The first-order valence-electron chi connectivity index (χ1n) is 12.5. The van der Waals surface area contributed by atoms with Crippen molar-refractivity contribution in [2.24, 2.45) is 0 Å². The van der Waals surface area contributed by atoms with Gasteiger partial charge in [0.15, 0.2) is 0 Å². The number of anilines is 2. The normalized spacial score (nSPS) is 13.1. The molecule has 8 heteroatoms. The monoisotopic (exact) mass is 530 g/mol. The van der Waals surface area contributed by atoms with Gasteiger partial charge in [0.05, 0.1) is 10.6 Å². The molecule has 0 radical (unpaired) electrons. The number of hydrogen-bond donors (Lipinski definition) is 1. The second-order valence-electron chi connectivity index (χ2n) is 9.19. The van der Waals surface area contributed by atoms with E-state index < -0.39 is 0 Å². The largest absolute Gasteiger partial charge is 0.368 e. The Bertz CT molecular complexity index is 1300. The predicted molar refractivity (Wildman–Crippen MR) is 152 cm³/mol. The van der Waals surface area contributed by atoms with Crippen LogP contribution in [-0.2, 0) is 4.79 Å². The smallest absolute Gasteiger partial charge is 0.256 e. The zero-order valence-electron chi connectivity index (χ0n) is 21.4. The van der Waals surface area contributed by atoms with E-state index >= 15 is 0 Å². The molecule has 0 aromatic heterocycles. The lowest BCUT2D eigenvalue weighted by atomic mass is 10.1. The summed E-state index contributed by atoms with van der Waals surface area (Å²) in [6.45, 7) is 8.52. The summed E-state index contributed by atoms with van der Waals surface area (Å²) in [5.74, 6) is -0.592. The molecule has 7 nitrogen and oxygen atoms in total. The van der Waals surface area contributed by atoms with E-state index in [1.54, 1.807) is 30.3 Å². The molecule has 1 saturated heterocycles. The molecule has 0 atom stereocenters. The lowest BCUT2D eigenvalue weighted by molar-refractivity contribution is -0.116. The molecule has 3 aromatic carbocycles. The summed E-state index contributed by atoms with van der Waals surface area (Å²) >= 11 is 6.17. The molecular formula is C30H31ClN4O3. The highest BCUT2D eigenvalue weighted by Gasteiger charge is 2.23. The van der Waals surface area contributed by atoms with Gasteiger partial charge in [0.25, 0.3) is 11.8 Å². The summed E-state index contributed by atoms with van der Waals surface area (Å²) in [6, 6.07) is 22.0. The number of halogens is 1. The van der Waals surface area contributed by atoms with Crippen molar-refractivity contribution < 1.29 is 14.4 Å². The van der Waals surface area contributed by atoms with Crippen molar-refractivity contribution in [2.75, 3.05) is 49.5 Å². The molecule has 1 heterocycles. The average Bonchev–Trinajstić information content (AvgIpc) is 2.93. The van der Waals surface area contributed by atoms with Crippen LogP contribution in [0.4, 0.5) is 11.4 Å². The maximum atomic E-state index is 12.9. The molecule has 0 spiro atoms. The van der Waals surface area contributed by atoms with E-state index in [0.717, 1.165) is 24.3 Å². The van der Waals surface area contributed by atoms with Crippen molar-refractivity contribution in [3.05, 3.63) is 107 Å². The molecule has 1 aliphatic heterocycles. The molecule has 196 valence electrons. The molecule has 1 aliphatic rings. The van der Waals surface area contributed by atoms with Gasteiger partial charge in [0.2, 0.25) is 5.91 Å². The van der Waals surface area contributed by atoms with E-state index in [1.807, 2.05) is 60.4 Å². The van der Waals surface area contributed by atoms with E-state index in [1.165, 1.54) is 4.90 Å². The number of rotatable bonds is 8. The third-order valence-corrected chi connectivity index (χ3v) is 6.79. The number of amides is 3. The Hall–Kier alpha value is -4.10. The summed E-state index contributed by atoms with van der Waals surface area (Å²) < 4.78 is 0. The molecule has 1 N–H and O–H groups in total. The van der Waals surface area contributed by atoms with Gasteiger partial charge in [-0.05, 0) is 55.5 Å². The van der Waals surface area contributed by atoms with Crippen LogP contribution in [0.25, 0.3) is 0 Å². The minimum Gasteiger partial charge on any atom is -0.368 e. The maximum Gasteiger partial charge on any atom is 0.256 e. The van der Waals surface area contributed by atoms with Crippen LogP contribution in [0.15, 0.2) is 85.5 Å². The van der Waals surface area contributed by atoms with Crippen molar-refractivity contribution >= 4 is 40.7 Å². The maximum absolute atomic E-state index is 12.9. The zero-order chi connectivity index (χ0) is 27.1. The summed E-state index contributed by atoms with van der Waals surface area (Å²) in [5, 5.41) is 3.19. The first-order chi connectivity index (χ1) is 18.4. The minimum absolute atomic E-state index is 0.0567. The Labute approximate surface area is 228 Å². The summed E-state index contributed by atoms with van der Waals surface area (Å²) in [5.41, 5.74) is 3.84. The predicted octanol–water partition coefficient (Wildman–Crippen LogP) is 4.88. The fourth-order valence-corrected chi connectivity index (χ4v) is 4.57. The average molecular weight is 531 g/mol. The van der Waals surface area contributed by atoms with Crippen LogP contribution in [-0.4, -0.2) is 66.8 Å². The van der Waals surface area contributed by atoms with Gasteiger partial charge in [-0.1, -0.05) is 47.5 Å². The SMILES string of the molecule is C=CCN(CC(=O)Nc1ccc(N2CCN(C(=O)c3ccc(C)cc3)CC2)cc1)C(=O)c1ccccc1Cl. The number of benzene rings is 3. The Morgan fingerprint density at radius 2 is 1.61 bits per heavy atom. The molecular weight excluding hydrogens is 500 g/mol. The molecule has 0 aliphatic carbocycles. The number of nitrogens with zero attached hydrogens (tertiary/aromatic N) is 3. The van der Waals surface area contributed by atoms with Gasteiger partial charge in [-0.3, -0.25) is 14.4 Å². The number of carbonyl (C=O) groups is 3. The van der Waals surface area contributed by atoms with Crippen molar-refractivity contribution in [1.82, 2.24) is 9.80 Å². The molecule has 0 bridgehead atoms. The van der Waals surface area contributed by atoms with Crippen LogP contribution >= 0.6 is 11.6 Å². The van der Waals surface area contributed by atoms with Crippen molar-refractivity contribution in [2.45, 2.75) is 6.92 Å². The van der Waals surface area contributed by atoms with Gasteiger partial charge in [-0.2, -0.15) is 0 Å². The summed E-state index contributed by atoms with van der Waals surface area (Å²) in [6.07, 6.45) is 1.57. The second kappa shape index (κ2) is 12.4. The highest BCUT2D eigenvalue weighted by atomic mass is 35.5. The Kier molecular flexibility index (Phi) is 8.81. The van der Waals surface area contributed by atoms with Crippen LogP contribution in [0.2, 0.25) is 5.02 Å². The minimum atomic E-state index is -0.332. The molecule has 4 rings (SSSR count). The Balaban J connectivity index is 1.31. The van der Waals surface area contributed by atoms with E-state index in [4.69, 9.17) is 11.6 Å². The highest BCUT2D eigenvalue weighted by Crippen LogP contribution is 2.21. The quantitative estimate of drug-likeness (QED) is 0.421. The fourth-order valence-electron chi connectivity index (χ4n) is 4.36. The van der Waals surface area contributed by atoms with Gasteiger partial charge in [0.1, 0.15) is 6.54 Å². The van der Waals surface area contributed by atoms with Crippen LogP contribution in [0.1, 0.15) is 26.3 Å². The van der Waals surface area contributed by atoms with Crippen LogP contribution in [0, 0.1) is 6.92 Å². The summed E-state index contributed by atoms with van der Waals surface area (Å²) in [7, 11) is 0. The third kappa shape index (κ3) is 6.61. The number of carbonyl (C=O) groups excluding carboxylic acids is 3. The van der Waals surface area contributed by atoms with Crippen molar-refractivity contribution in [3.8, 4) is 0 Å². The number of piperazine rings is 1. The lowest BCUT2D eigenvalue weighted by Gasteiger charge is -2.36. The summed E-state index contributed by atoms with van der Waals surface area (Å²) in [4.78, 5) is 43.9. The molecule has 38 heavy (non-hydrogen) atoms. The topological polar surface area (TPSA) is 73.0 Å². The molecule has 3 aromatic rings. The van der Waals surface area contributed by atoms with E-state index in [-0.39, 0.29) is 30.8 Å². The number of hydrogen-bond acceptors (Lipinski definition) is 4. The van der Waals surface area contributed by atoms with Gasteiger partial charge in [-0.15, -0.1) is 6.58 Å². The van der Waals surface area contributed by atoms with Crippen LogP contribution < -0.4 is 10.2 Å². The standard InChI is InChI=1S/C30H31ClN4O3/c1-3-16-35(30(38)26-6-4-5-7-27(26)31)21-28(36)32-24-12-14-25(15-13-24)33-17-19-34(20-18-33)29(37)23-10-8-22(2)9-11-23/h3-15H,1,16-21H2,2H3,(H,32,36). The first kappa shape index (κ1) is 26.9. The van der Waals surface area contributed by atoms with Crippen molar-refractivity contribution in [1.29, 1.82) is 0 Å². The molecule has 0 unspecified atom stereocenters. The first-order valence-corrected chi connectivity index (χ1v) is 12.9. The third-order valence-electron chi connectivity index (χ3n) is 6.46. The van der Waals surface area contributed by atoms with Crippen molar-refractivity contribution in [3.63, 3.8) is 0 Å². The second-order valence-corrected chi connectivity index (χ2v) is 9.60. The van der Waals surface area contributed by atoms with Gasteiger partial charge >= 0.3 is 0 Å². The Morgan fingerprint density at radius 1 is 0.947 bits per heavy atom. The Morgan fingerprint density at radius 3 is 2.24 bits per heavy atom. The van der Waals surface area contributed by atoms with E-state index in [0.29, 0.717) is 34.9 Å². The number of nitrogens with one attached hydrogen (secondary N) is 1. The zero-order valence-corrected chi connectivity index (χ0v) is 22.2. The van der Waals surface area contributed by atoms with Gasteiger partial charge in [-0.25, -0.2) is 0 Å².